The minimum absolute atomic E-state index is 0.0347. The first kappa shape index (κ1) is 10.7. The van der Waals surface area contributed by atoms with Gasteiger partial charge in [-0.1, -0.05) is 0 Å². The van der Waals surface area contributed by atoms with Crippen LogP contribution in [0.2, 0.25) is 0 Å². The number of rotatable bonds is 0. The van der Waals surface area contributed by atoms with E-state index in [1.165, 1.54) is 0 Å². The molecule has 0 aromatic rings. The Labute approximate surface area is 91.0 Å². The summed E-state index contributed by atoms with van der Waals surface area (Å²) in [6.07, 6.45) is 0.876. The number of amides is 1. The SMILES string of the molecule is CC(C)(C)OC(=O)N1CC2C[C@@]1(C)CN2. The molecule has 2 fully saturated rings. The molecule has 2 aliphatic heterocycles. The van der Waals surface area contributed by atoms with Crippen LogP contribution in [0.4, 0.5) is 4.79 Å². The number of nitrogens with one attached hydrogen (secondary N) is 1. The maximum Gasteiger partial charge on any atom is 0.410 e. The standard InChI is InChI=1S/C11H20N2O2/c1-10(2,3)15-9(14)13-6-8-5-11(13,4)7-12-8/h8,12H,5-7H2,1-4H3/t8?,11-/m0/s1. The molecule has 1 unspecified atom stereocenters. The molecule has 0 radical (unpaired) electrons. The molecule has 1 N–H and O–H groups in total. The molecule has 15 heavy (non-hydrogen) atoms. The molecule has 4 nitrogen and oxygen atoms in total. The number of carbonyl (C=O) groups excluding carboxylic acids is 1. The zero-order valence-corrected chi connectivity index (χ0v) is 9.96. The van der Waals surface area contributed by atoms with Crippen molar-refractivity contribution in [1.29, 1.82) is 0 Å². The molecular formula is C11H20N2O2. The third-order valence-corrected chi connectivity index (χ3v) is 3.13. The number of carbonyl (C=O) groups is 1. The van der Waals surface area contributed by atoms with Gasteiger partial charge in [0.25, 0.3) is 0 Å². The number of nitrogens with zero attached hydrogens (tertiary/aromatic N) is 1. The number of ether oxygens (including phenoxy) is 1. The first-order valence-electron chi connectivity index (χ1n) is 5.54. The van der Waals surface area contributed by atoms with Crippen LogP contribution in [0.5, 0.6) is 0 Å². The summed E-state index contributed by atoms with van der Waals surface area (Å²) in [4.78, 5) is 13.8. The van der Waals surface area contributed by atoms with Gasteiger partial charge >= 0.3 is 6.09 Å². The molecule has 2 heterocycles. The van der Waals surface area contributed by atoms with E-state index in [4.69, 9.17) is 4.74 Å². The van der Waals surface area contributed by atoms with Crippen LogP contribution in [0.15, 0.2) is 0 Å². The lowest BCUT2D eigenvalue weighted by atomic mass is 10.0. The fourth-order valence-electron chi connectivity index (χ4n) is 2.43. The van der Waals surface area contributed by atoms with Crippen molar-refractivity contribution in [2.45, 2.75) is 51.3 Å². The highest BCUT2D eigenvalue weighted by atomic mass is 16.6. The molecule has 0 aromatic heterocycles. The van der Waals surface area contributed by atoms with E-state index in [9.17, 15) is 4.79 Å². The molecule has 86 valence electrons. The van der Waals surface area contributed by atoms with Crippen molar-refractivity contribution < 1.29 is 9.53 Å². The van der Waals surface area contributed by atoms with Gasteiger partial charge in [-0.2, -0.15) is 0 Å². The van der Waals surface area contributed by atoms with E-state index in [2.05, 4.69) is 12.2 Å². The van der Waals surface area contributed by atoms with Crippen LogP contribution in [0.1, 0.15) is 34.1 Å². The molecule has 0 spiro atoms. The summed E-state index contributed by atoms with van der Waals surface area (Å²) in [6, 6.07) is 0.461. The molecule has 2 saturated heterocycles. The van der Waals surface area contributed by atoms with Crippen molar-refractivity contribution in [1.82, 2.24) is 10.2 Å². The summed E-state index contributed by atoms with van der Waals surface area (Å²) in [6.45, 7) is 9.50. The highest BCUT2D eigenvalue weighted by molar-refractivity contribution is 5.70. The van der Waals surface area contributed by atoms with E-state index in [-0.39, 0.29) is 11.6 Å². The molecular weight excluding hydrogens is 192 g/mol. The van der Waals surface area contributed by atoms with E-state index in [1.54, 1.807) is 0 Å². The molecule has 0 aliphatic carbocycles. The Morgan fingerprint density at radius 2 is 2.20 bits per heavy atom. The lowest BCUT2D eigenvalue weighted by Crippen LogP contribution is -2.54. The molecule has 2 bridgehead atoms. The van der Waals surface area contributed by atoms with Gasteiger partial charge in [0, 0.05) is 19.1 Å². The predicted octanol–water partition coefficient (Wildman–Crippen LogP) is 1.36. The number of likely N-dealkylation sites (tertiary alicyclic amines) is 1. The summed E-state index contributed by atoms with van der Waals surface area (Å²) in [5, 5.41) is 3.39. The summed E-state index contributed by atoms with van der Waals surface area (Å²) in [7, 11) is 0. The van der Waals surface area contributed by atoms with Gasteiger partial charge in [0.2, 0.25) is 0 Å². The second kappa shape index (κ2) is 3.11. The quantitative estimate of drug-likeness (QED) is 0.659. The smallest absolute Gasteiger partial charge is 0.410 e. The second-order valence-electron chi connectivity index (χ2n) is 5.87. The Morgan fingerprint density at radius 3 is 2.60 bits per heavy atom. The third-order valence-electron chi connectivity index (χ3n) is 3.13. The lowest BCUT2D eigenvalue weighted by Gasteiger charge is -2.36. The van der Waals surface area contributed by atoms with Gasteiger partial charge < -0.3 is 10.1 Å². The van der Waals surface area contributed by atoms with Crippen molar-refractivity contribution in [3.8, 4) is 0 Å². The fourth-order valence-corrected chi connectivity index (χ4v) is 2.43. The van der Waals surface area contributed by atoms with Gasteiger partial charge in [-0.25, -0.2) is 4.79 Å². The second-order valence-corrected chi connectivity index (χ2v) is 5.87. The van der Waals surface area contributed by atoms with Crippen LogP contribution >= 0.6 is 0 Å². The number of hydrogen-bond donors (Lipinski definition) is 1. The van der Waals surface area contributed by atoms with E-state index in [0.717, 1.165) is 19.5 Å². The van der Waals surface area contributed by atoms with E-state index in [1.807, 2.05) is 25.7 Å². The molecule has 0 aromatic carbocycles. The van der Waals surface area contributed by atoms with Crippen LogP contribution in [-0.2, 0) is 4.74 Å². The highest BCUT2D eigenvalue weighted by Crippen LogP contribution is 2.34. The van der Waals surface area contributed by atoms with Gasteiger partial charge in [-0.05, 0) is 34.1 Å². The Balaban J connectivity index is 2.04. The molecule has 2 atom stereocenters. The van der Waals surface area contributed by atoms with Crippen molar-refractivity contribution in [3.05, 3.63) is 0 Å². The van der Waals surface area contributed by atoms with Crippen LogP contribution in [0.25, 0.3) is 0 Å². The van der Waals surface area contributed by atoms with Crippen LogP contribution in [-0.4, -0.2) is 41.3 Å². The minimum Gasteiger partial charge on any atom is -0.444 e. The van der Waals surface area contributed by atoms with E-state index >= 15 is 0 Å². The number of hydrogen-bond acceptors (Lipinski definition) is 3. The van der Waals surface area contributed by atoms with Crippen molar-refractivity contribution in [3.63, 3.8) is 0 Å². The topological polar surface area (TPSA) is 41.6 Å². The monoisotopic (exact) mass is 212 g/mol. The van der Waals surface area contributed by atoms with Crippen LogP contribution in [0, 0.1) is 0 Å². The molecule has 0 saturated carbocycles. The Bertz CT molecular complexity index is 285. The largest absolute Gasteiger partial charge is 0.444 e. The van der Waals surface area contributed by atoms with Gasteiger partial charge in [-0.15, -0.1) is 0 Å². The minimum atomic E-state index is -0.400. The summed E-state index contributed by atoms with van der Waals surface area (Å²) < 4.78 is 5.40. The van der Waals surface area contributed by atoms with Crippen LogP contribution in [0.3, 0.4) is 0 Å². The average Bonchev–Trinajstić information content (AvgIpc) is 2.55. The number of fused-ring (bicyclic) bond motifs is 2. The van der Waals surface area contributed by atoms with Crippen LogP contribution < -0.4 is 5.32 Å². The third kappa shape index (κ3) is 1.95. The lowest BCUT2D eigenvalue weighted by molar-refractivity contribution is 0.00850. The Morgan fingerprint density at radius 1 is 1.53 bits per heavy atom. The van der Waals surface area contributed by atoms with Gasteiger partial charge in [0.1, 0.15) is 5.60 Å². The summed E-state index contributed by atoms with van der Waals surface area (Å²) >= 11 is 0. The Hall–Kier alpha value is -0.770. The normalized spacial score (nSPS) is 34.7. The summed E-state index contributed by atoms with van der Waals surface area (Å²) in [5.41, 5.74) is -0.435. The zero-order chi connectivity index (χ0) is 11.3. The maximum atomic E-state index is 11.9. The van der Waals surface area contributed by atoms with E-state index in [0.29, 0.717) is 6.04 Å². The predicted molar refractivity (Wildman–Crippen MR) is 57.8 cm³/mol. The first-order chi connectivity index (χ1) is 6.80. The van der Waals surface area contributed by atoms with E-state index < -0.39 is 5.60 Å². The average molecular weight is 212 g/mol. The van der Waals surface area contributed by atoms with Gasteiger partial charge in [0.15, 0.2) is 0 Å². The Kier molecular flexibility index (Phi) is 2.23. The van der Waals surface area contributed by atoms with Crippen molar-refractivity contribution >= 4 is 6.09 Å². The number of piperazine rings is 1. The molecule has 4 heteroatoms. The molecule has 1 amide bonds. The zero-order valence-electron chi connectivity index (χ0n) is 9.96. The maximum absolute atomic E-state index is 11.9. The summed E-state index contributed by atoms with van der Waals surface area (Å²) in [5.74, 6) is 0. The highest BCUT2D eigenvalue weighted by Gasteiger charge is 2.50. The fraction of sp³-hybridized carbons (Fsp3) is 0.909. The van der Waals surface area contributed by atoms with Crippen molar-refractivity contribution in [2.75, 3.05) is 13.1 Å². The first-order valence-corrected chi connectivity index (χ1v) is 5.54. The van der Waals surface area contributed by atoms with Gasteiger partial charge in [0.05, 0.1) is 5.54 Å². The van der Waals surface area contributed by atoms with Crippen molar-refractivity contribution in [2.24, 2.45) is 0 Å². The van der Waals surface area contributed by atoms with Gasteiger partial charge in [-0.3, -0.25) is 4.90 Å². The molecule has 2 rings (SSSR count). The molecule has 2 aliphatic rings.